The van der Waals surface area contributed by atoms with Crippen LogP contribution >= 0.6 is 0 Å². The second kappa shape index (κ2) is 7.67. The van der Waals surface area contributed by atoms with Gasteiger partial charge in [0.15, 0.2) is 0 Å². The van der Waals surface area contributed by atoms with Crippen molar-refractivity contribution in [2.75, 3.05) is 29.9 Å². The highest BCUT2D eigenvalue weighted by Gasteiger charge is 2.38. The molecule has 27 heavy (non-hydrogen) atoms. The van der Waals surface area contributed by atoms with E-state index in [2.05, 4.69) is 78.7 Å². The summed E-state index contributed by atoms with van der Waals surface area (Å²) in [5.74, 6) is 2.01. The number of anilines is 2. The lowest BCUT2D eigenvalue weighted by Gasteiger charge is -2.38. The van der Waals surface area contributed by atoms with Crippen LogP contribution in [0.3, 0.4) is 0 Å². The fourth-order valence-corrected chi connectivity index (χ4v) is 4.64. The average Bonchev–Trinajstić information content (AvgIpc) is 3.19. The van der Waals surface area contributed by atoms with Crippen LogP contribution in [0.5, 0.6) is 5.75 Å². The second-order valence-electron chi connectivity index (χ2n) is 7.42. The Morgan fingerprint density at radius 3 is 2.52 bits per heavy atom. The second-order valence-corrected chi connectivity index (χ2v) is 7.42. The van der Waals surface area contributed by atoms with Gasteiger partial charge in [-0.25, -0.2) is 0 Å². The van der Waals surface area contributed by atoms with Gasteiger partial charge in [-0.15, -0.1) is 0 Å². The Labute approximate surface area is 163 Å². The maximum Gasteiger partial charge on any atom is 0.119 e. The third-order valence-electron chi connectivity index (χ3n) is 6.03. The number of ether oxygens (including phenoxy) is 1. The van der Waals surface area contributed by atoms with Crippen LogP contribution in [-0.4, -0.2) is 19.7 Å². The van der Waals surface area contributed by atoms with E-state index in [0.717, 1.165) is 25.3 Å². The van der Waals surface area contributed by atoms with Crippen molar-refractivity contribution in [2.24, 2.45) is 5.92 Å². The van der Waals surface area contributed by atoms with Crippen molar-refractivity contribution in [1.29, 1.82) is 0 Å². The molecular formula is C24H30N2O. The Kier molecular flexibility index (Phi) is 5.11. The van der Waals surface area contributed by atoms with E-state index in [0.29, 0.717) is 24.5 Å². The number of hydrogen-bond acceptors (Lipinski definition) is 3. The Balaban J connectivity index is 1.66. The molecule has 3 nitrogen and oxygen atoms in total. The van der Waals surface area contributed by atoms with Crippen molar-refractivity contribution in [2.45, 2.75) is 39.2 Å². The van der Waals surface area contributed by atoms with Crippen molar-refractivity contribution in [3.63, 3.8) is 0 Å². The van der Waals surface area contributed by atoms with E-state index < -0.39 is 0 Å². The molecule has 1 heterocycles. The average molecular weight is 363 g/mol. The minimum absolute atomic E-state index is 0.340. The molecule has 0 aromatic heterocycles. The van der Waals surface area contributed by atoms with Crippen molar-refractivity contribution in [1.82, 2.24) is 0 Å². The lowest BCUT2D eigenvalue weighted by Crippen LogP contribution is -2.29. The monoisotopic (exact) mass is 362 g/mol. The molecule has 3 heteroatoms. The van der Waals surface area contributed by atoms with Crippen LogP contribution in [0.4, 0.5) is 11.4 Å². The molecule has 0 amide bonds. The predicted molar refractivity (Wildman–Crippen MR) is 114 cm³/mol. The molecule has 4 rings (SSSR count). The van der Waals surface area contributed by atoms with Crippen LogP contribution in [0, 0.1) is 5.92 Å². The summed E-state index contributed by atoms with van der Waals surface area (Å²) in [5.41, 5.74) is 5.40. The zero-order valence-corrected chi connectivity index (χ0v) is 16.6. The van der Waals surface area contributed by atoms with E-state index in [-0.39, 0.29) is 0 Å². The standard InChI is InChI=1S/C24H30N2O/c1-4-26(5-2)18-12-15-23-22(16-18)20-8-7-9-21(20)24(25-23)17-10-13-19(14-11-17)27-6-3/h7-8,10-16,20-21,24-25H,4-6,9H2,1-3H3. The maximum atomic E-state index is 5.61. The molecule has 142 valence electrons. The molecule has 3 atom stereocenters. The van der Waals surface area contributed by atoms with Gasteiger partial charge in [0.1, 0.15) is 5.75 Å². The Morgan fingerprint density at radius 1 is 1.04 bits per heavy atom. The van der Waals surface area contributed by atoms with Gasteiger partial charge < -0.3 is 15.0 Å². The van der Waals surface area contributed by atoms with Crippen LogP contribution in [-0.2, 0) is 0 Å². The summed E-state index contributed by atoms with van der Waals surface area (Å²) < 4.78 is 5.61. The van der Waals surface area contributed by atoms with E-state index in [1.54, 1.807) is 0 Å². The molecule has 0 saturated carbocycles. The number of fused-ring (bicyclic) bond motifs is 3. The van der Waals surface area contributed by atoms with Crippen LogP contribution in [0.2, 0.25) is 0 Å². The van der Waals surface area contributed by atoms with Gasteiger partial charge in [-0.3, -0.25) is 0 Å². The molecular weight excluding hydrogens is 332 g/mol. The van der Waals surface area contributed by atoms with Gasteiger partial charge in [-0.2, -0.15) is 0 Å². The molecule has 1 aliphatic heterocycles. The van der Waals surface area contributed by atoms with Crippen molar-refractivity contribution < 1.29 is 4.74 Å². The molecule has 0 radical (unpaired) electrons. The van der Waals surface area contributed by atoms with E-state index in [1.165, 1.54) is 22.5 Å². The van der Waals surface area contributed by atoms with Crippen molar-refractivity contribution in [3.05, 3.63) is 65.7 Å². The fourth-order valence-electron chi connectivity index (χ4n) is 4.64. The summed E-state index contributed by atoms with van der Waals surface area (Å²) in [4.78, 5) is 2.42. The van der Waals surface area contributed by atoms with E-state index >= 15 is 0 Å². The first-order chi connectivity index (χ1) is 13.2. The Bertz CT molecular complexity index is 808. The number of hydrogen-bond donors (Lipinski definition) is 1. The predicted octanol–water partition coefficient (Wildman–Crippen LogP) is 5.76. The van der Waals surface area contributed by atoms with Crippen LogP contribution in [0.1, 0.15) is 50.3 Å². The van der Waals surface area contributed by atoms with E-state index in [4.69, 9.17) is 4.74 Å². The topological polar surface area (TPSA) is 24.5 Å². The summed E-state index contributed by atoms with van der Waals surface area (Å²) in [6.07, 6.45) is 5.90. The molecule has 1 N–H and O–H groups in total. The summed E-state index contributed by atoms with van der Waals surface area (Å²) in [5, 5.41) is 3.84. The quantitative estimate of drug-likeness (QED) is 0.661. The third-order valence-corrected chi connectivity index (χ3v) is 6.03. The van der Waals surface area contributed by atoms with E-state index in [1.807, 2.05) is 6.92 Å². The number of allylic oxidation sites excluding steroid dienone is 2. The number of nitrogens with zero attached hydrogens (tertiary/aromatic N) is 1. The highest BCUT2D eigenvalue weighted by atomic mass is 16.5. The van der Waals surface area contributed by atoms with Crippen LogP contribution < -0.4 is 15.0 Å². The largest absolute Gasteiger partial charge is 0.494 e. The number of nitrogens with one attached hydrogen (secondary N) is 1. The minimum atomic E-state index is 0.340. The molecule has 3 unspecified atom stereocenters. The minimum Gasteiger partial charge on any atom is -0.494 e. The Morgan fingerprint density at radius 2 is 1.81 bits per heavy atom. The lowest BCUT2D eigenvalue weighted by atomic mass is 9.77. The first-order valence-electron chi connectivity index (χ1n) is 10.3. The van der Waals surface area contributed by atoms with Crippen molar-refractivity contribution >= 4 is 11.4 Å². The fraction of sp³-hybridized carbons (Fsp3) is 0.417. The first kappa shape index (κ1) is 18.0. The third kappa shape index (κ3) is 3.31. The Hall–Kier alpha value is -2.42. The summed E-state index contributed by atoms with van der Waals surface area (Å²) in [6.45, 7) is 9.26. The molecule has 0 saturated heterocycles. The van der Waals surface area contributed by atoms with Crippen LogP contribution in [0.15, 0.2) is 54.6 Å². The highest BCUT2D eigenvalue weighted by molar-refractivity contribution is 5.66. The summed E-state index contributed by atoms with van der Waals surface area (Å²) in [7, 11) is 0. The van der Waals surface area contributed by atoms with Crippen LogP contribution in [0.25, 0.3) is 0 Å². The number of rotatable bonds is 6. The highest BCUT2D eigenvalue weighted by Crippen LogP contribution is 2.50. The van der Waals surface area contributed by atoms with E-state index in [9.17, 15) is 0 Å². The molecule has 0 fully saturated rings. The van der Waals surface area contributed by atoms with Gasteiger partial charge in [-0.05, 0) is 74.6 Å². The summed E-state index contributed by atoms with van der Waals surface area (Å²) >= 11 is 0. The first-order valence-corrected chi connectivity index (χ1v) is 10.3. The molecule has 2 aromatic rings. The van der Waals surface area contributed by atoms with Crippen molar-refractivity contribution in [3.8, 4) is 5.75 Å². The number of benzene rings is 2. The molecule has 1 aliphatic carbocycles. The molecule has 0 bridgehead atoms. The molecule has 2 aromatic carbocycles. The lowest BCUT2D eigenvalue weighted by molar-refractivity contribution is 0.340. The van der Waals surface area contributed by atoms with Gasteiger partial charge in [0.2, 0.25) is 0 Å². The summed E-state index contributed by atoms with van der Waals surface area (Å²) in [6, 6.07) is 15.9. The smallest absolute Gasteiger partial charge is 0.119 e. The molecule has 2 aliphatic rings. The van der Waals surface area contributed by atoms with Gasteiger partial charge in [0, 0.05) is 30.4 Å². The zero-order chi connectivity index (χ0) is 18.8. The zero-order valence-electron chi connectivity index (χ0n) is 16.6. The maximum absolute atomic E-state index is 5.61. The van der Waals surface area contributed by atoms with Gasteiger partial charge in [-0.1, -0.05) is 24.3 Å². The van der Waals surface area contributed by atoms with Gasteiger partial charge >= 0.3 is 0 Å². The van der Waals surface area contributed by atoms with Gasteiger partial charge in [0.05, 0.1) is 12.6 Å². The SMILES string of the molecule is CCOc1ccc(C2Nc3ccc(N(CC)CC)cc3C3C=CCC32)cc1. The molecule has 0 spiro atoms. The normalized spacial score (nSPS) is 22.7. The van der Waals surface area contributed by atoms with Gasteiger partial charge in [0.25, 0.3) is 0 Å².